The van der Waals surface area contributed by atoms with Gasteiger partial charge in [-0.15, -0.1) is 0 Å². The highest BCUT2D eigenvalue weighted by Crippen LogP contribution is 2.39. The molecule has 2 rings (SSSR count). The monoisotopic (exact) mass is 298 g/mol. The van der Waals surface area contributed by atoms with Crippen LogP contribution in [0.3, 0.4) is 0 Å². The number of amides is 1. The molecule has 0 spiro atoms. The summed E-state index contributed by atoms with van der Waals surface area (Å²) in [6.45, 7) is 4.30. The molecule has 0 radical (unpaired) electrons. The Morgan fingerprint density at radius 2 is 1.90 bits per heavy atom. The molecule has 1 saturated carbocycles. The highest BCUT2D eigenvalue weighted by atomic mass is 32.1. The molecule has 2 aliphatic rings. The van der Waals surface area contributed by atoms with E-state index in [1.807, 2.05) is 11.8 Å². The van der Waals surface area contributed by atoms with Gasteiger partial charge in [-0.3, -0.25) is 4.79 Å². The van der Waals surface area contributed by atoms with Gasteiger partial charge < -0.3 is 15.4 Å². The molecule has 114 valence electrons. The minimum atomic E-state index is -0.563. The Labute approximate surface area is 127 Å². The van der Waals surface area contributed by atoms with Gasteiger partial charge in [0.05, 0.1) is 16.5 Å². The lowest BCUT2D eigenvalue weighted by Crippen LogP contribution is -2.54. The molecule has 0 bridgehead atoms. The average Bonchev–Trinajstić information content (AvgIpc) is 2.48. The maximum atomic E-state index is 12.9. The summed E-state index contributed by atoms with van der Waals surface area (Å²) >= 11 is 5.24. The lowest BCUT2D eigenvalue weighted by atomic mass is 9.72. The van der Waals surface area contributed by atoms with Crippen LogP contribution in [0.5, 0.6) is 0 Å². The molecule has 1 saturated heterocycles. The van der Waals surface area contributed by atoms with Crippen molar-refractivity contribution in [2.45, 2.75) is 58.0 Å². The minimum Gasteiger partial charge on any atom is -0.392 e. The van der Waals surface area contributed by atoms with Gasteiger partial charge >= 0.3 is 0 Å². The van der Waals surface area contributed by atoms with Crippen LogP contribution >= 0.6 is 12.2 Å². The lowest BCUT2D eigenvalue weighted by Gasteiger charge is -2.41. The van der Waals surface area contributed by atoms with Crippen molar-refractivity contribution in [3.8, 4) is 0 Å². The molecule has 4 nitrogen and oxygen atoms in total. The second-order valence-corrected chi connectivity index (χ2v) is 6.39. The Bertz CT molecular complexity index is 359. The first-order valence-corrected chi connectivity index (χ1v) is 8.22. The van der Waals surface area contributed by atoms with Crippen LogP contribution in [0.15, 0.2) is 0 Å². The smallest absolute Gasteiger partial charge is 0.235 e. The second-order valence-electron chi connectivity index (χ2n) is 5.95. The zero-order valence-corrected chi connectivity index (χ0v) is 13.2. The fourth-order valence-corrected chi connectivity index (χ4v) is 3.78. The van der Waals surface area contributed by atoms with Crippen molar-refractivity contribution in [1.29, 1.82) is 0 Å². The molecule has 0 unspecified atom stereocenters. The summed E-state index contributed by atoms with van der Waals surface area (Å²) in [6, 6.07) is 0. The number of thiocarbonyl (C=S) groups is 1. The van der Waals surface area contributed by atoms with Crippen molar-refractivity contribution in [3.05, 3.63) is 0 Å². The quantitative estimate of drug-likeness (QED) is 0.809. The van der Waals surface area contributed by atoms with E-state index < -0.39 is 5.41 Å². The van der Waals surface area contributed by atoms with E-state index in [4.69, 9.17) is 22.7 Å². The van der Waals surface area contributed by atoms with E-state index in [2.05, 4.69) is 0 Å². The maximum absolute atomic E-state index is 12.9. The van der Waals surface area contributed by atoms with Crippen LogP contribution in [-0.2, 0) is 9.53 Å². The first-order chi connectivity index (χ1) is 9.60. The Hall–Kier alpha value is -0.680. The van der Waals surface area contributed by atoms with Crippen LogP contribution < -0.4 is 5.73 Å². The Balaban J connectivity index is 2.00. The summed E-state index contributed by atoms with van der Waals surface area (Å²) in [5, 5.41) is 0. The van der Waals surface area contributed by atoms with Gasteiger partial charge in [-0.1, -0.05) is 31.5 Å². The molecule has 0 aromatic heterocycles. The van der Waals surface area contributed by atoms with E-state index >= 15 is 0 Å². The molecular formula is C15H26N2O2S. The van der Waals surface area contributed by atoms with E-state index in [0.29, 0.717) is 11.1 Å². The second kappa shape index (κ2) is 6.85. The standard InChI is InChI=1S/C15H26N2O2S/c1-2-19-12-6-10-17(11-7-12)14(18)15(13(16)20)8-4-3-5-9-15/h12H,2-11H2,1H3,(H2,16,20). The van der Waals surface area contributed by atoms with Crippen molar-refractivity contribution < 1.29 is 9.53 Å². The molecular weight excluding hydrogens is 272 g/mol. The fraction of sp³-hybridized carbons (Fsp3) is 0.867. The number of carbonyl (C=O) groups excluding carboxylic acids is 1. The Kier molecular flexibility index (Phi) is 5.38. The van der Waals surface area contributed by atoms with Gasteiger partial charge in [-0.2, -0.15) is 0 Å². The summed E-state index contributed by atoms with van der Waals surface area (Å²) < 4.78 is 5.64. The Morgan fingerprint density at radius 1 is 1.30 bits per heavy atom. The molecule has 1 aliphatic heterocycles. The number of hydrogen-bond acceptors (Lipinski definition) is 3. The third-order valence-electron chi connectivity index (χ3n) is 4.72. The van der Waals surface area contributed by atoms with Gasteiger partial charge in [-0.05, 0) is 32.6 Å². The average molecular weight is 298 g/mol. The van der Waals surface area contributed by atoms with Crippen molar-refractivity contribution in [3.63, 3.8) is 0 Å². The molecule has 0 atom stereocenters. The Morgan fingerprint density at radius 3 is 2.40 bits per heavy atom. The highest BCUT2D eigenvalue weighted by molar-refractivity contribution is 7.80. The number of nitrogens with zero attached hydrogens (tertiary/aromatic N) is 1. The SMILES string of the molecule is CCOC1CCN(C(=O)C2(C(N)=S)CCCCC2)CC1. The first kappa shape index (κ1) is 15.7. The lowest BCUT2D eigenvalue weighted by molar-refractivity contribution is -0.142. The summed E-state index contributed by atoms with van der Waals surface area (Å²) in [5.41, 5.74) is 5.38. The molecule has 0 aromatic rings. The molecule has 1 amide bonds. The van der Waals surface area contributed by atoms with E-state index in [1.165, 1.54) is 6.42 Å². The minimum absolute atomic E-state index is 0.166. The van der Waals surface area contributed by atoms with Crippen LogP contribution in [0.25, 0.3) is 0 Å². The van der Waals surface area contributed by atoms with Gasteiger partial charge in [0.15, 0.2) is 0 Å². The molecule has 2 N–H and O–H groups in total. The number of rotatable bonds is 4. The molecule has 5 heteroatoms. The number of likely N-dealkylation sites (tertiary alicyclic amines) is 1. The number of nitrogens with two attached hydrogens (primary N) is 1. The normalized spacial score (nSPS) is 23.6. The summed E-state index contributed by atoms with van der Waals surface area (Å²) in [7, 11) is 0. The number of carbonyl (C=O) groups is 1. The van der Waals surface area contributed by atoms with Gasteiger partial charge in [0.2, 0.25) is 5.91 Å². The van der Waals surface area contributed by atoms with E-state index in [-0.39, 0.29) is 5.91 Å². The summed E-state index contributed by atoms with van der Waals surface area (Å²) in [4.78, 5) is 15.3. The van der Waals surface area contributed by atoms with Crippen LogP contribution in [-0.4, -0.2) is 41.6 Å². The molecule has 1 heterocycles. The molecule has 0 aromatic carbocycles. The maximum Gasteiger partial charge on any atom is 0.235 e. The zero-order chi connectivity index (χ0) is 14.6. The first-order valence-electron chi connectivity index (χ1n) is 7.81. The van der Waals surface area contributed by atoms with Crippen LogP contribution in [0.1, 0.15) is 51.9 Å². The highest BCUT2D eigenvalue weighted by Gasteiger charge is 2.45. The van der Waals surface area contributed by atoms with Gasteiger partial charge in [0.1, 0.15) is 0 Å². The summed E-state index contributed by atoms with van der Waals surface area (Å²) in [5.74, 6) is 0.166. The zero-order valence-electron chi connectivity index (χ0n) is 12.4. The summed E-state index contributed by atoms with van der Waals surface area (Å²) in [6.07, 6.45) is 7.09. The van der Waals surface area contributed by atoms with Crippen LogP contribution in [0.4, 0.5) is 0 Å². The van der Waals surface area contributed by atoms with Crippen molar-refractivity contribution in [2.24, 2.45) is 11.1 Å². The van der Waals surface area contributed by atoms with E-state index in [0.717, 1.165) is 58.2 Å². The molecule has 2 fully saturated rings. The molecule has 1 aliphatic carbocycles. The van der Waals surface area contributed by atoms with Crippen LogP contribution in [0.2, 0.25) is 0 Å². The van der Waals surface area contributed by atoms with Crippen molar-refractivity contribution in [2.75, 3.05) is 19.7 Å². The predicted octanol–water partition coefficient (Wildman–Crippen LogP) is 2.25. The van der Waals surface area contributed by atoms with Crippen molar-refractivity contribution >= 4 is 23.1 Å². The molecule has 20 heavy (non-hydrogen) atoms. The number of ether oxygens (including phenoxy) is 1. The largest absolute Gasteiger partial charge is 0.392 e. The van der Waals surface area contributed by atoms with Gasteiger partial charge in [0, 0.05) is 19.7 Å². The number of hydrogen-bond donors (Lipinski definition) is 1. The third kappa shape index (κ3) is 3.14. The van der Waals surface area contributed by atoms with E-state index in [1.54, 1.807) is 0 Å². The topological polar surface area (TPSA) is 55.6 Å². The van der Waals surface area contributed by atoms with E-state index in [9.17, 15) is 4.79 Å². The fourth-order valence-electron chi connectivity index (χ4n) is 3.48. The third-order valence-corrected chi connectivity index (χ3v) is 5.11. The van der Waals surface area contributed by atoms with Gasteiger partial charge in [0.25, 0.3) is 0 Å². The predicted molar refractivity (Wildman–Crippen MR) is 83.5 cm³/mol. The van der Waals surface area contributed by atoms with Crippen molar-refractivity contribution in [1.82, 2.24) is 4.90 Å². The van der Waals surface area contributed by atoms with Crippen LogP contribution in [0, 0.1) is 5.41 Å². The van der Waals surface area contributed by atoms with Gasteiger partial charge in [-0.25, -0.2) is 0 Å². The number of piperidine rings is 1.